The van der Waals surface area contributed by atoms with Crippen LogP contribution in [0.2, 0.25) is 0 Å². The molecule has 1 fully saturated rings. The fraction of sp³-hybridized carbons (Fsp3) is 0.353. The quantitative estimate of drug-likeness (QED) is 0.689. The minimum Gasteiger partial charge on any atom is -0.463 e. The van der Waals surface area contributed by atoms with Gasteiger partial charge in [-0.1, -0.05) is 0 Å². The van der Waals surface area contributed by atoms with Crippen LogP contribution in [0.15, 0.2) is 40.0 Å². The van der Waals surface area contributed by atoms with Crippen molar-refractivity contribution in [3.8, 4) is 11.5 Å². The van der Waals surface area contributed by atoms with Crippen LogP contribution in [0, 0.1) is 6.92 Å². The number of nitrogens with one attached hydrogen (secondary N) is 1. The molecule has 1 N–H and O–H groups in total. The maximum Gasteiger partial charge on any atom is 0.274 e. The summed E-state index contributed by atoms with van der Waals surface area (Å²) in [6, 6.07) is 5.15. The largest absolute Gasteiger partial charge is 0.463 e. The van der Waals surface area contributed by atoms with Gasteiger partial charge in [-0.25, -0.2) is 8.42 Å². The summed E-state index contributed by atoms with van der Waals surface area (Å²) in [5.41, 5.74) is 1.47. The van der Waals surface area contributed by atoms with Gasteiger partial charge in [-0.05, 0) is 19.1 Å². The van der Waals surface area contributed by atoms with Crippen molar-refractivity contribution in [2.24, 2.45) is 7.05 Å². The summed E-state index contributed by atoms with van der Waals surface area (Å²) in [7, 11) is -1.93. The molecule has 3 aromatic heterocycles. The van der Waals surface area contributed by atoms with Gasteiger partial charge in [0.15, 0.2) is 11.5 Å². The Hall–Kier alpha value is -2.92. The average Bonchev–Trinajstić information content (AvgIpc) is 3.43. The number of aryl methyl sites for hydroxylation is 1. The molecule has 28 heavy (non-hydrogen) atoms. The van der Waals surface area contributed by atoms with Crippen LogP contribution in [0.25, 0.3) is 11.5 Å². The molecule has 4 rings (SSSR count). The highest BCUT2D eigenvalue weighted by Crippen LogP contribution is 2.22. The molecule has 10 nitrogen and oxygen atoms in total. The standard InChI is InChI=1S/C17H20N6O4S/c1-12-16(11-18-21(12)2)28(25,26)23-7-5-22(6-8-23)17(24)14-10-13(19-20-14)15-4-3-9-27-15/h3-4,9-11H,5-8H2,1-2H3,(H,19,20). The summed E-state index contributed by atoms with van der Waals surface area (Å²) in [4.78, 5) is 14.5. The molecule has 1 aliphatic heterocycles. The van der Waals surface area contributed by atoms with Crippen molar-refractivity contribution >= 4 is 15.9 Å². The van der Waals surface area contributed by atoms with Gasteiger partial charge in [0.25, 0.3) is 5.91 Å². The van der Waals surface area contributed by atoms with E-state index in [1.54, 1.807) is 43.3 Å². The molecule has 0 saturated carbocycles. The summed E-state index contributed by atoms with van der Waals surface area (Å²) < 4.78 is 33.9. The van der Waals surface area contributed by atoms with Gasteiger partial charge in [-0.3, -0.25) is 14.6 Å². The zero-order valence-corrected chi connectivity index (χ0v) is 16.3. The van der Waals surface area contributed by atoms with Gasteiger partial charge in [0, 0.05) is 39.3 Å². The predicted molar refractivity (Wildman–Crippen MR) is 98.9 cm³/mol. The molecule has 3 aromatic rings. The smallest absolute Gasteiger partial charge is 0.274 e. The number of rotatable bonds is 4. The highest BCUT2D eigenvalue weighted by Gasteiger charge is 2.33. The Morgan fingerprint density at radius 3 is 2.61 bits per heavy atom. The lowest BCUT2D eigenvalue weighted by molar-refractivity contribution is 0.0692. The Morgan fingerprint density at radius 2 is 2.00 bits per heavy atom. The van der Waals surface area contributed by atoms with E-state index in [9.17, 15) is 13.2 Å². The lowest BCUT2D eigenvalue weighted by Gasteiger charge is -2.33. The monoisotopic (exact) mass is 404 g/mol. The zero-order valence-electron chi connectivity index (χ0n) is 15.5. The highest BCUT2D eigenvalue weighted by atomic mass is 32.2. The van der Waals surface area contributed by atoms with E-state index in [1.807, 2.05) is 0 Å². The molecular weight excluding hydrogens is 384 g/mol. The average molecular weight is 404 g/mol. The zero-order chi connectivity index (χ0) is 19.9. The molecule has 1 saturated heterocycles. The molecule has 0 atom stereocenters. The van der Waals surface area contributed by atoms with Gasteiger partial charge in [-0.15, -0.1) is 0 Å². The second-order valence-electron chi connectivity index (χ2n) is 6.56. The summed E-state index contributed by atoms with van der Waals surface area (Å²) in [6.07, 6.45) is 2.91. The van der Waals surface area contributed by atoms with Gasteiger partial charge >= 0.3 is 0 Å². The number of carbonyl (C=O) groups excluding carboxylic acids is 1. The highest BCUT2D eigenvalue weighted by molar-refractivity contribution is 7.89. The SMILES string of the molecule is Cc1c(S(=O)(=O)N2CCN(C(=O)c3cc(-c4ccco4)[nH]n3)CC2)cnn1C. The Morgan fingerprint density at radius 1 is 1.25 bits per heavy atom. The molecule has 0 aliphatic carbocycles. The molecule has 0 radical (unpaired) electrons. The fourth-order valence-corrected chi connectivity index (χ4v) is 4.76. The molecule has 0 aromatic carbocycles. The first kappa shape index (κ1) is 18.4. The Kier molecular flexibility index (Phi) is 4.55. The van der Waals surface area contributed by atoms with Gasteiger partial charge in [0.2, 0.25) is 10.0 Å². The lowest BCUT2D eigenvalue weighted by atomic mass is 10.2. The van der Waals surface area contributed by atoms with Gasteiger partial charge < -0.3 is 9.32 Å². The van der Waals surface area contributed by atoms with Crippen molar-refractivity contribution in [1.82, 2.24) is 29.2 Å². The summed E-state index contributed by atoms with van der Waals surface area (Å²) in [6.45, 7) is 2.74. The maximum atomic E-state index is 12.8. The summed E-state index contributed by atoms with van der Waals surface area (Å²) in [5, 5.41) is 10.9. The number of aromatic nitrogens is 4. The van der Waals surface area contributed by atoms with Crippen LogP contribution in [0.4, 0.5) is 0 Å². The molecule has 0 bridgehead atoms. The Labute approximate surface area is 161 Å². The van der Waals surface area contributed by atoms with Crippen molar-refractivity contribution in [2.75, 3.05) is 26.2 Å². The number of carbonyl (C=O) groups is 1. The van der Waals surface area contributed by atoms with E-state index in [2.05, 4.69) is 15.3 Å². The molecule has 0 spiro atoms. The van der Waals surface area contributed by atoms with E-state index in [4.69, 9.17) is 4.42 Å². The van der Waals surface area contributed by atoms with Crippen LogP contribution in [-0.4, -0.2) is 69.7 Å². The van der Waals surface area contributed by atoms with Crippen molar-refractivity contribution in [3.63, 3.8) is 0 Å². The Balaban J connectivity index is 1.44. The van der Waals surface area contributed by atoms with E-state index in [0.29, 0.717) is 30.2 Å². The summed E-state index contributed by atoms with van der Waals surface area (Å²) >= 11 is 0. The number of H-pyrrole nitrogens is 1. The van der Waals surface area contributed by atoms with E-state index in [-0.39, 0.29) is 29.6 Å². The predicted octanol–water partition coefficient (Wildman–Crippen LogP) is 0.858. The van der Waals surface area contributed by atoms with Gasteiger partial charge in [-0.2, -0.15) is 14.5 Å². The number of sulfonamides is 1. The number of aromatic amines is 1. The molecular formula is C17H20N6O4S. The van der Waals surface area contributed by atoms with Crippen LogP contribution < -0.4 is 0 Å². The number of furan rings is 1. The number of hydrogen-bond donors (Lipinski definition) is 1. The van der Waals surface area contributed by atoms with Crippen LogP contribution in [0.1, 0.15) is 16.2 Å². The van der Waals surface area contributed by atoms with Crippen LogP contribution >= 0.6 is 0 Å². The van der Waals surface area contributed by atoms with Crippen LogP contribution in [-0.2, 0) is 17.1 Å². The van der Waals surface area contributed by atoms with Gasteiger partial charge in [0.1, 0.15) is 10.6 Å². The van der Waals surface area contributed by atoms with Crippen molar-refractivity contribution in [1.29, 1.82) is 0 Å². The maximum absolute atomic E-state index is 12.8. The number of piperazine rings is 1. The second-order valence-corrected chi connectivity index (χ2v) is 8.46. The normalized spacial score (nSPS) is 15.9. The van der Waals surface area contributed by atoms with Crippen LogP contribution in [0.3, 0.4) is 0 Å². The molecule has 148 valence electrons. The Bertz CT molecular complexity index is 1090. The minimum atomic E-state index is -3.63. The molecule has 1 aliphatic rings. The van der Waals surface area contributed by atoms with E-state index in [0.717, 1.165) is 0 Å². The topological polar surface area (TPSA) is 117 Å². The van der Waals surface area contributed by atoms with Crippen molar-refractivity contribution in [3.05, 3.63) is 42.0 Å². The third kappa shape index (κ3) is 3.12. The first-order valence-corrected chi connectivity index (χ1v) is 10.2. The molecule has 4 heterocycles. The molecule has 11 heteroatoms. The lowest BCUT2D eigenvalue weighted by Crippen LogP contribution is -2.50. The molecule has 0 unspecified atom stereocenters. The molecule has 1 amide bonds. The second kappa shape index (κ2) is 6.91. The van der Waals surface area contributed by atoms with E-state index >= 15 is 0 Å². The first-order chi connectivity index (χ1) is 13.4. The van der Waals surface area contributed by atoms with Crippen molar-refractivity contribution in [2.45, 2.75) is 11.8 Å². The fourth-order valence-electron chi connectivity index (χ4n) is 3.15. The van der Waals surface area contributed by atoms with Crippen LogP contribution in [0.5, 0.6) is 0 Å². The number of hydrogen-bond acceptors (Lipinski definition) is 6. The van der Waals surface area contributed by atoms with Gasteiger partial charge in [0.05, 0.1) is 18.2 Å². The van der Waals surface area contributed by atoms with Crippen molar-refractivity contribution < 1.29 is 17.6 Å². The first-order valence-electron chi connectivity index (χ1n) is 8.75. The third-order valence-electron chi connectivity index (χ3n) is 4.92. The number of amides is 1. The van der Waals surface area contributed by atoms with E-state index in [1.165, 1.54) is 15.2 Å². The summed E-state index contributed by atoms with van der Waals surface area (Å²) in [5.74, 6) is 0.345. The minimum absolute atomic E-state index is 0.199. The third-order valence-corrected chi connectivity index (χ3v) is 6.92. The number of nitrogens with zero attached hydrogens (tertiary/aromatic N) is 5. The van der Waals surface area contributed by atoms with E-state index < -0.39 is 10.0 Å².